The standard InChI is InChI=1S/C22H16ClN3O2/c1-14-6-11-17(28-14)13-24-26-22(27)19-12-21(15-7-9-16(23)10-8-15)25-20-5-3-2-4-18(19)20/h2-13H,1H3,(H,26,27)/b24-13+. The molecule has 0 aliphatic rings. The molecule has 2 aromatic carbocycles. The molecule has 0 aliphatic carbocycles. The minimum absolute atomic E-state index is 0.326. The van der Waals surface area contributed by atoms with E-state index in [-0.39, 0.29) is 5.91 Å². The summed E-state index contributed by atoms with van der Waals surface area (Å²) < 4.78 is 5.41. The molecule has 1 amide bonds. The monoisotopic (exact) mass is 389 g/mol. The van der Waals surface area contributed by atoms with E-state index in [0.29, 0.717) is 22.0 Å². The molecular weight excluding hydrogens is 374 g/mol. The van der Waals surface area contributed by atoms with E-state index in [0.717, 1.165) is 22.2 Å². The number of nitrogens with zero attached hydrogens (tertiary/aromatic N) is 2. The Labute approximate surface area is 166 Å². The number of hydrogen-bond donors (Lipinski definition) is 1. The SMILES string of the molecule is Cc1ccc(/C=N/NC(=O)c2cc(-c3ccc(Cl)cc3)nc3ccccc23)o1. The van der Waals surface area contributed by atoms with Gasteiger partial charge in [0.15, 0.2) is 0 Å². The van der Waals surface area contributed by atoms with Gasteiger partial charge in [0.05, 0.1) is 23.0 Å². The van der Waals surface area contributed by atoms with Gasteiger partial charge < -0.3 is 4.42 Å². The molecule has 6 heteroatoms. The number of carbonyl (C=O) groups is 1. The summed E-state index contributed by atoms with van der Waals surface area (Å²) in [5.74, 6) is 1.02. The normalized spacial score (nSPS) is 11.2. The van der Waals surface area contributed by atoms with Gasteiger partial charge in [-0.2, -0.15) is 5.10 Å². The second-order valence-corrected chi connectivity index (χ2v) is 6.66. The number of fused-ring (bicyclic) bond motifs is 1. The summed E-state index contributed by atoms with van der Waals surface area (Å²) in [4.78, 5) is 17.5. The van der Waals surface area contributed by atoms with Gasteiger partial charge in [0.25, 0.3) is 5.91 Å². The van der Waals surface area contributed by atoms with Crippen molar-refractivity contribution in [3.63, 3.8) is 0 Å². The maximum absolute atomic E-state index is 12.8. The van der Waals surface area contributed by atoms with Crippen molar-refractivity contribution in [1.29, 1.82) is 0 Å². The molecule has 138 valence electrons. The molecular formula is C22H16ClN3O2. The summed E-state index contributed by atoms with van der Waals surface area (Å²) in [6.45, 7) is 1.84. The Morgan fingerprint density at radius 3 is 2.64 bits per heavy atom. The zero-order chi connectivity index (χ0) is 19.5. The molecule has 4 aromatic rings. The van der Waals surface area contributed by atoms with E-state index >= 15 is 0 Å². The molecule has 0 saturated carbocycles. The maximum atomic E-state index is 12.8. The number of rotatable bonds is 4. The first-order chi connectivity index (χ1) is 13.6. The Morgan fingerprint density at radius 2 is 1.89 bits per heavy atom. The summed E-state index contributed by atoms with van der Waals surface area (Å²) >= 11 is 5.98. The number of aromatic nitrogens is 1. The number of halogens is 1. The van der Waals surface area contributed by atoms with Crippen LogP contribution in [0.25, 0.3) is 22.2 Å². The summed E-state index contributed by atoms with van der Waals surface area (Å²) in [5.41, 5.74) is 5.34. The fourth-order valence-corrected chi connectivity index (χ4v) is 3.00. The molecule has 0 unspecified atom stereocenters. The third-order valence-electron chi connectivity index (χ3n) is 4.22. The molecule has 0 aliphatic heterocycles. The highest BCUT2D eigenvalue weighted by atomic mass is 35.5. The number of benzene rings is 2. The molecule has 1 N–H and O–H groups in total. The summed E-state index contributed by atoms with van der Waals surface area (Å²) in [6, 6.07) is 20.2. The van der Waals surface area contributed by atoms with E-state index in [2.05, 4.69) is 15.5 Å². The van der Waals surface area contributed by atoms with Gasteiger partial charge in [-0.05, 0) is 43.3 Å². The first-order valence-electron chi connectivity index (χ1n) is 8.66. The van der Waals surface area contributed by atoms with E-state index < -0.39 is 0 Å². The fraction of sp³-hybridized carbons (Fsp3) is 0.0455. The van der Waals surface area contributed by atoms with Gasteiger partial charge in [0.1, 0.15) is 11.5 Å². The van der Waals surface area contributed by atoms with Crippen LogP contribution in [0.15, 0.2) is 76.2 Å². The highest BCUT2D eigenvalue weighted by Crippen LogP contribution is 2.26. The highest BCUT2D eigenvalue weighted by molar-refractivity contribution is 6.30. The highest BCUT2D eigenvalue weighted by Gasteiger charge is 2.13. The lowest BCUT2D eigenvalue weighted by atomic mass is 10.0. The van der Waals surface area contributed by atoms with E-state index in [1.807, 2.05) is 49.4 Å². The second kappa shape index (κ2) is 7.66. The van der Waals surface area contributed by atoms with Gasteiger partial charge in [-0.3, -0.25) is 4.79 Å². The van der Waals surface area contributed by atoms with Crippen LogP contribution in [0.1, 0.15) is 21.9 Å². The Balaban J connectivity index is 1.69. The number of furan rings is 1. The summed E-state index contributed by atoms with van der Waals surface area (Å²) in [5, 5.41) is 5.39. The molecule has 2 aromatic heterocycles. The number of pyridine rings is 1. The molecule has 0 bridgehead atoms. The number of hydrazone groups is 1. The minimum atomic E-state index is -0.326. The quantitative estimate of drug-likeness (QED) is 0.384. The van der Waals surface area contributed by atoms with Crippen LogP contribution >= 0.6 is 11.6 Å². The fourth-order valence-electron chi connectivity index (χ4n) is 2.87. The third kappa shape index (κ3) is 3.80. The predicted molar refractivity (Wildman–Crippen MR) is 111 cm³/mol. The average Bonchev–Trinajstić information content (AvgIpc) is 3.12. The number of carbonyl (C=O) groups excluding carboxylic acids is 1. The van der Waals surface area contributed by atoms with Gasteiger partial charge >= 0.3 is 0 Å². The first-order valence-corrected chi connectivity index (χ1v) is 9.03. The molecule has 0 radical (unpaired) electrons. The lowest BCUT2D eigenvalue weighted by Crippen LogP contribution is -2.18. The van der Waals surface area contributed by atoms with Crippen molar-refractivity contribution in [2.75, 3.05) is 0 Å². The van der Waals surface area contributed by atoms with Crippen molar-refractivity contribution in [2.45, 2.75) is 6.92 Å². The summed E-state index contributed by atoms with van der Waals surface area (Å²) in [6.07, 6.45) is 1.47. The smallest absolute Gasteiger partial charge is 0.272 e. The van der Waals surface area contributed by atoms with Crippen molar-refractivity contribution < 1.29 is 9.21 Å². The van der Waals surface area contributed by atoms with Crippen LogP contribution in [0.3, 0.4) is 0 Å². The largest absolute Gasteiger partial charge is 0.460 e. The lowest BCUT2D eigenvalue weighted by molar-refractivity contribution is 0.0956. The zero-order valence-electron chi connectivity index (χ0n) is 15.0. The molecule has 0 fully saturated rings. The molecule has 2 heterocycles. The average molecular weight is 390 g/mol. The van der Waals surface area contributed by atoms with Crippen LogP contribution in [-0.2, 0) is 0 Å². The number of aryl methyl sites for hydroxylation is 1. The predicted octanol–water partition coefficient (Wildman–Crippen LogP) is 5.22. The van der Waals surface area contributed by atoms with Gasteiger partial charge in [-0.25, -0.2) is 10.4 Å². The van der Waals surface area contributed by atoms with Crippen LogP contribution in [0, 0.1) is 6.92 Å². The van der Waals surface area contributed by atoms with Gasteiger partial charge in [0, 0.05) is 16.0 Å². The van der Waals surface area contributed by atoms with Crippen molar-refractivity contribution in [3.8, 4) is 11.3 Å². The van der Waals surface area contributed by atoms with Gasteiger partial charge in [-0.1, -0.05) is 41.9 Å². The van der Waals surface area contributed by atoms with E-state index in [9.17, 15) is 4.79 Å². The molecule has 0 atom stereocenters. The van der Waals surface area contributed by atoms with Crippen molar-refractivity contribution in [1.82, 2.24) is 10.4 Å². The van der Waals surface area contributed by atoms with E-state index in [1.54, 1.807) is 24.3 Å². The Bertz CT molecular complexity index is 1180. The van der Waals surface area contributed by atoms with E-state index in [1.165, 1.54) is 6.21 Å². The van der Waals surface area contributed by atoms with E-state index in [4.69, 9.17) is 16.0 Å². The number of amides is 1. The van der Waals surface area contributed by atoms with Crippen LogP contribution in [0.5, 0.6) is 0 Å². The Kier molecular flexibility index (Phi) is 4.91. The number of hydrogen-bond acceptors (Lipinski definition) is 4. The third-order valence-corrected chi connectivity index (χ3v) is 4.47. The summed E-state index contributed by atoms with van der Waals surface area (Å²) in [7, 11) is 0. The minimum Gasteiger partial charge on any atom is -0.460 e. The van der Waals surface area contributed by atoms with Crippen molar-refractivity contribution in [2.24, 2.45) is 5.10 Å². The first kappa shape index (κ1) is 17.9. The maximum Gasteiger partial charge on any atom is 0.272 e. The Hall–Kier alpha value is -3.44. The lowest BCUT2D eigenvalue weighted by Gasteiger charge is -2.09. The van der Waals surface area contributed by atoms with Gasteiger partial charge in [0.2, 0.25) is 0 Å². The number of para-hydroxylation sites is 1. The molecule has 0 spiro atoms. The number of nitrogens with one attached hydrogen (secondary N) is 1. The molecule has 0 saturated heterocycles. The topological polar surface area (TPSA) is 67.5 Å². The molecule has 5 nitrogen and oxygen atoms in total. The van der Waals surface area contributed by atoms with Crippen molar-refractivity contribution in [3.05, 3.63) is 88.8 Å². The van der Waals surface area contributed by atoms with Crippen LogP contribution < -0.4 is 5.43 Å². The second-order valence-electron chi connectivity index (χ2n) is 6.23. The van der Waals surface area contributed by atoms with Crippen molar-refractivity contribution >= 4 is 34.6 Å². The zero-order valence-corrected chi connectivity index (χ0v) is 15.8. The van der Waals surface area contributed by atoms with Crippen LogP contribution in [0.4, 0.5) is 0 Å². The van der Waals surface area contributed by atoms with Crippen LogP contribution in [-0.4, -0.2) is 17.1 Å². The van der Waals surface area contributed by atoms with Gasteiger partial charge in [-0.15, -0.1) is 0 Å². The Morgan fingerprint density at radius 1 is 1.11 bits per heavy atom. The molecule has 4 rings (SSSR count). The van der Waals surface area contributed by atoms with Crippen LogP contribution in [0.2, 0.25) is 5.02 Å². The molecule has 28 heavy (non-hydrogen) atoms.